The molecule has 5 rings (SSSR count). The van der Waals surface area contributed by atoms with Crippen LogP contribution in [0.4, 0.5) is 17.6 Å². The van der Waals surface area contributed by atoms with Crippen LogP contribution in [-0.4, -0.2) is 92.3 Å². The van der Waals surface area contributed by atoms with Crippen molar-refractivity contribution in [3.8, 4) is 0 Å². The van der Waals surface area contributed by atoms with E-state index in [4.69, 9.17) is 11.5 Å². The minimum Gasteiger partial charge on any atom is -0.370 e. The number of carbonyl (C=O) groups excluding carboxylic acids is 3. The number of likely N-dealkylation sites (tertiary alicyclic amines) is 1. The molecule has 8 N–H and O–H groups in total. The maximum atomic E-state index is 13.8. The first-order valence-corrected chi connectivity index (χ1v) is 11.3. The molecule has 2 saturated heterocycles. The first-order chi connectivity index (χ1) is 17.6. The highest BCUT2D eigenvalue weighted by Gasteiger charge is 2.73. The molecule has 1 spiro atoms. The van der Waals surface area contributed by atoms with Crippen molar-refractivity contribution in [3.63, 3.8) is 0 Å². The third-order valence-corrected chi connectivity index (χ3v) is 7.12. The molecule has 0 aromatic heterocycles. The van der Waals surface area contributed by atoms with Crippen molar-refractivity contribution < 1.29 is 42.2 Å². The van der Waals surface area contributed by atoms with Crippen LogP contribution in [0.1, 0.15) is 28.8 Å². The summed E-state index contributed by atoms with van der Waals surface area (Å²) in [6, 6.07) is -2.70. The normalized spacial score (nSPS) is 30.0. The fourth-order valence-electron chi connectivity index (χ4n) is 5.37. The number of benzene rings is 1. The lowest BCUT2D eigenvalue weighted by molar-refractivity contribution is -0.230. The number of imide groups is 1. The van der Waals surface area contributed by atoms with Gasteiger partial charge in [-0.25, -0.2) is 14.4 Å². The second kappa shape index (κ2) is 8.26. The zero-order chi connectivity index (χ0) is 27.8. The Kier molecular flexibility index (Phi) is 5.57. The number of halogens is 4. The summed E-state index contributed by atoms with van der Waals surface area (Å²) in [5.41, 5.74) is 7.82. The molecule has 1 aromatic carbocycles. The SMILES string of the molecule is NC1=N[C@H]2[C@H](CN3C(=O)CCC3=O)N=C(N)N3C[C@H](NC(=O)c4cc(F)cc(C(F)(F)F)c4)C(O)(O)[C@]23N1. The Morgan fingerprint density at radius 3 is 2.45 bits per heavy atom. The highest BCUT2D eigenvalue weighted by atomic mass is 19.4. The zero-order valence-electron chi connectivity index (χ0n) is 19.4. The van der Waals surface area contributed by atoms with Crippen LogP contribution in [0, 0.1) is 5.82 Å². The highest BCUT2D eigenvalue weighted by molar-refractivity contribution is 6.02. The number of carbonyl (C=O) groups is 3. The molecular weight excluding hydrogens is 520 g/mol. The van der Waals surface area contributed by atoms with E-state index in [1.54, 1.807) is 0 Å². The van der Waals surface area contributed by atoms with Crippen LogP contribution in [0.15, 0.2) is 28.2 Å². The van der Waals surface area contributed by atoms with Gasteiger partial charge >= 0.3 is 6.18 Å². The van der Waals surface area contributed by atoms with E-state index in [9.17, 15) is 42.2 Å². The minimum atomic E-state index is -4.93. The van der Waals surface area contributed by atoms with Crippen molar-refractivity contribution in [3.05, 3.63) is 35.1 Å². The molecule has 1 aromatic rings. The van der Waals surface area contributed by atoms with Crippen LogP contribution in [0.3, 0.4) is 0 Å². The monoisotopic (exact) mass is 542 g/mol. The summed E-state index contributed by atoms with van der Waals surface area (Å²) in [7, 11) is 0. The summed E-state index contributed by atoms with van der Waals surface area (Å²) < 4.78 is 53.2. The molecule has 17 heteroatoms. The van der Waals surface area contributed by atoms with Gasteiger partial charge in [-0.15, -0.1) is 0 Å². The summed E-state index contributed by atoms with van der Waals surface area (Å²) in [5.74, 6) is -6.91. The van der Waals surface area contributed by atoms with Crippen molar-refractivity contribution in [1.82, 2.24) is 20.4 Å². The molecule has 0 saturated carbocycles. The number of nitrogens with zero attached hydrogens (tertiary/aromatic N) is 4. The van der Waals surface area contributed by atoms with E-state index in [2.05, 4.69) is 20.6 Å². The van der Waals surface area contributed by atoms with Gasteiger partial charge in [0.1, 0.15) is 17.9 Å². The van der Waals surface area contributed by atoms with Crippen LogP contribution in [0.2, 0.25) is 0 Å². The van der Waals surface area contributed by atoms with Gasteiger partial charge in [0, 0.05) is 24.9 Å². The molecular formula is C21H22F4N8O5. The quantitative estimate of drug-likeness (QED) is 0.138. The van der Waals surface area contributed by atoms with E-state index in [1.807, 2.05) is 0 Å². The summed E-state index contributed by atoms with van der Waals surface area (Å²) in [5, 5.41) is 27.6. The van der Waals surface area contributed by atoms with Gasteiger partial charge < -0.3 is 37.2 Å². The van der Waals surface area contributed by atoms with Crippen molar-refractivity contribution >= 4 is 29.6 Å². The van der Waals surface area contributed by atoms with Crippen LogP contribution < -0.4 is 22.1 Å². The van der Waals surface area contributed by atoms with Gasteiger partial charge in [0.2, 0.25) is 17.6 Å². The van der Waals surface area contributed by atoms with Crippen molar-refractivity contribution in [2.24, 2.45) is 21.5 Å². The smallest absolute Gasteiger partial charge is 0.370 e. The van der Waals surface area contributed by atoms with Crippen molar-refractivity contribution in [2.75, 3.05) is 13.1 Å². The van der Waals surface area contributed by atoms with E-state index in [0.717, 1.165) is 4.90 Å². The number of alkyl halides is 3. The Morgan fingerprint density at radius 1 is 1.16 bits per heavy atom. The van der Waals surface area contributed by atoms with Gasteiger partial charge in [0.25, 0.3) is 5.91 Å². The van der Waals surface area contributed by atoms with E-state index >= 15 is 0 Å². The minimum absolute atomic E-state index is 0.00448. The van der Waals surface area contributed by atoms with Gasteiger partial charge in [-0.05, 0) is 18.2 Å². The van der Waals surface area contributed by atoms with Crippen LogP contribution >= 0.6 is 0 Å². The van der Waals surface area contributed by atoms with Gasteiger partial charge in [-0.2, -0.15) is 13.2 Å². The van der Waals surface area contributed by atoms with Crippen molar-refractivity contribution in [2.45, 2.75) is 48.6 Å². The number of amides is 3. The third kappa shape index (κ3) is 3.72. The zero-order valence-corrected chi connectivity index (χ0v) is 19.4. The molecule has 4 aliphatic rings. The topological polar surface area (TPSA) is 199 Å². The Morgan fingerprint density at radius 2 is 1.82 bits per heavy atom. The lowest BCUT2D eigenvalue weighted by Gasteiger charge is -2.49. The third-order valence-electron chi connectivity index (χ3n) is 7.12. The van der Waals surface area contributed by atoms with Gasteiger partial charge in [-0.1, -0.05) is 0 Å². The van der Waals surface area contributed by atoms with Gasteiger partial charge in [0.05, 0.1) is 18.2 Å². The molecule has 4 aliphatic heterocycles. The molecule has 13 nitrogen and oxygen atoms in total. The molecule has 0 unspecified atom stereocenters. The number of aliphatic hydroxyl groups is 2. The second-order valence-corrected chi connectivity index (χ2v) is 9.39. The van der Waals surface area contributed by atoms with Gasteiger partial charge in [0.15, 0.2) is 17.6 Å². The molecule has 0 aliphatic carbocycles. The standard InChI is InChI=1S/C21H22F4N8O5/c22-10-4-8(3-9(5-10)21(23,24)25)16(36)29-12-7-33-18(27)28-11(6-32-13(34)1-2-14(32)35)15-19(33,20(12,37)38)31-17(26)30-15/h3-5,11-12,15,37-38H,1-2,6-7H2,(H2,27,28)(H,29,36)(H3,26,30,31)/t11-,12-,15-,19-/m0/s1. The lowest BCUT2D eigenvalue weighted by Crippen LogP contribution is -2.78. The van der Waals surface area contributed by atoms with E-state index in [-0.39, 0.29) is 37.4 Å². The summed E-state index contributed by atoms with van der Waals surface area (Å²) in [4.78, 5) is 47.8. The maximum Gasteiger partial charge on any atom is 0.416 e. The average molecular weight is 542 g/mol. The fourth-order valence-corrected chi connectivity index (χ4v) is 5.37. The number of nitrogens with two attached hydrogens (primary N) is 2. The second-order valence-electron chi connectivity index (χ2n) is 9.39. The summed E-state index contributed by atoms with van der Waals surface area (Å²) in [6.45, 7) is -0.705. The number of aliphatic imine (C=N–C) groups is 2. The molecule has 0 bridgehead atoms. The molecule has 0 radical (unpaired) electrons. The molecule has 204 valence electrons. The van der Waals surface area contributed by atoms with Crippen LogP contribution in [0.5, 0.6) is 0 Å². The van der Waals surface area contributed by atoms with E-state index in [0.29, 0.717) is 12.1 Å². The predicted molar refractivity (Wildman–Crippen MR) is 119 cm³/mol. The lowest BCUT2D eigenvalue weighted by atomic mass is 9.84. The molecule has 2 fully saturated rings. The maximum absolute atomic E-state index is 13.8. The Hall–Kier alpha value is -3.99. The molecule has 4 heterocycles. The van der Waals surface area contributed by atoms with Gasteiger partial charge in [-0.3, -0.25) is 19.3 Å². The van der Waals surface area contributed by atoms with Crippen LogP contribution in [0.25, 0.3) is 0 Å². The fraction of sp³-hybridized carbons (Fsp3) is 0.476. The van der Waals surface area contributed by atoms with Crippen molar-refractivity contribution in [1.29, 1.82) is 0 Å². The van der Waals surface area contributed by atoms with Crippen LogP contribution in [-0.2, 0) is 15.8 Å². The molecule has 3 amide bonds. The largest absolute Gasteiger partial charge is 0.416 e. The Balaban J connectivity index is 1.46. The summed E-state index contributed by atoms with van der Waals surface area (Å²) in [6.07, 6.45) is -4.93. The number of nitrogens with one attached hydrogen (secondary N) is 2. The number of guanidine groups is 2. The number of rotatable bonds is 4. The van der Waals surface area contributed by atoms with E-state index in [1.165, 1.54) is 4.90 Å². The Bertz CT molecular complexity index is 1280. The first kappa shape index (κ1) is 25.7. The molecule has 38 heavy (non-hydrogen) atoms. The Labute approximate surface area is 211 Å². The number of hydrogen-bond donors (Lipinski definition) is 6. The molecule has 4 atom stereocenters. The highest BCUT2D eigenvalue weighted by Crippen LogP contribution is 2.45. The summed E-state index contributed by atoms with van der Waals surface area (Å²) >= 11 is 0. The number of hydrogen-bond acceptors (Lipinski definition) is 11. The van der Waals surface area contributed by atoms with E-state index < -0.39 is 77.0 Å². The average Bonchev–Trinajstić information content (AvgIpc) is 3.41. The predicted octanol–water partition coefficient (Wildman–Crippen LogP) is -2.23. The first-order valence-electron chi connectivity index (χ1n) is 11.3.